The van der Waals surface area contributed by atoms with Gasteiger partial charge in [0.05, 0.1) is 37.4 Å². The van der Waals surface area contributed by atoms with E-state index in [4.69, 9.17) is 34.2 Å². The molecule has 4 fully saturated rings. The Morgan fingerprint density at radius 2 is 1.56 bits per heavy atom. The number of amides is 3. The number of carbonyl (C=O) groups excluding carboxylic acids is 6. The minimum absolute atomic E-state index is 0.0229. The number of nitrogens with zero attached hydrogens (tertiary/aromatic N) is 5. The molecule has 1 saturated carbocycles. The van der Waals surface area contributed by atoms with E-state index in [1.807, 2.05) is 61.0 Å². The number of rotatable bonds is 13. The van der Waals surface area contributed by atoms with Crippen LogP contribution in [0.15, 0.2) is 60.0 Å². The Hall–Kier alpha value is -5.50. The molecule has 486 valence electrons. The summed E-state index contributed by atoms with van der Waals surface area (Å²) in [4.78, 5) is 96.7. The number of Topliss-reactive ketones (excluding diaryl/α,β-unsaturated/α-hetero) is 2. The summed E-state index contributed by atoms with van der Waals surface area (Å²) in [5.41, 5.74) is 8.78. The first-order valence-electron chi connectivity index (χ1n) is 31.4. The predicted molar refractivity (Wildman–Crippen MR) is 323 cm³/mol. The fourth-order valence-corrected chi connectivity index (χ4v) is 12.5. The van der Waals surface area contributed by atoms with Crippen LogP contribution in [-0.2, 0) is 58.9 Å². The average molecular weight is 1220 g/mol. The second kappa shape index (κ2) is 33.9. The summed E-state index contributed by atoms with van der Waals surface area (Å²) in [5.74, 6) is -7.83. The standard InChI is InChI=1S/C64H99N7O16/c1-10-84-29-23-55(73)69-25-27-70(28-26-69)62-66-36-46(37-67-62)38-68-63(80)86-51-22-20-45(33-54(51)83-9)32-48(65)53-35-50(72)41(4)31-43(6)57(75)58(76)56(74)42(5)30-39(2)16-12-11-13-17-40(3)52(82-8)34-47-21-19-44(7)64(81,87-47)59(77)60(78)71-24-15-14-18-49(71)61(79)85-53/h11-13,16-17,31,36-37,39,41-42,44-45,47-54,57-58,72,75-76,81H,10,14-15,18-30,32-35,38,65H2,1-9H3,(H,68,80)/b13-11+,16-12+,40-17+,43-31+/t39-,41-,42-,44-,45+,47+,48-,49+,50-,51-,52+,53+,54-,57-,58+,64-/m1/s1. The van der Waals surface area contributed by atoms with Crippen LogP contribution in [0.3, 0.4) is 0 Å². The van der Waals surface area contributed by atoms with Crippen molar-refractivity contribution in [1.29, 1.82) is 0 Å². The first-order valence-corrected chi connectivity index (χ1v) is 31.4. The molecular formula is C64H99N7O16. The highest BCUT2D eigenvalue weighted by atomic mass is 16.6. The van der Waals surface area contributed by atoms with Crippen molar-refractivity contribution in [3.63, 3.8) is 0 Å². The Morgan fingerprint density at radius 1 is 0.839 bits per heavy atom. The minimum atomic E-state index is -2.49. The number of ether oxygens (including phenoxy) is 6. The first kappa shape index (κ1) is 70.6. The number of methoxy groups -OCH3 is 2. The van der Waals surface area contributed by atoms with Gasteiger partial charge in [-0.3, -0.25) is 19.2 Å². The summed E-state index contributed by atoms with van der Waals surface area (Å²) >= 11 is 0. The number of fused-ring (bicyclic) bond motifs is 3. The van der Waals surface area contributed by atoms with Crippen LogP contribution >= 0.6 is 0 Å². The zero-order valence-corrected chi connectivity index (χ0v) is 52.6. The number of ketones is 2. The number of alkyl carbamates (subject to hydrolysis) is 1. The largest absolute Gasteiger partial charge is 0.459 e. The van der Waals surface area contributed by atoms with Crippen LogP contribution in [0.5, 0.6) is 0 Å². The summed E-state index contributed by atoms with van der Waals surface area (Å²) in [7, 11) is 3.08. The van der Waals surface area contributed by atoms with Gasteiger partial charge < -0.3 is 74.6 Å². The molecule has 3 saturated heterocycles. The molecule has 5 heterocycles. The van der Waals surface area contributed by atoms with Crippen molar-refractivity contribution < 1.29 is 77.6 Å². The zero-order chi connectivity index (χ0) is 63.5. The van der Waals surface area contributed by atoms with Crippen molar-refractivity contribution in [1.82, 2.24) is 25.1 Å². The van der Waals surface area contributed by atoms with Gasteiger partial charge in [-0.2, -0.15) is 0 Å². The van der Waals surface area contributed by atoms with E-state index in [9.17, 15) is 49.2 Å². The molecule has 1 aromatic heterocycles. The Bertz CT molecular complexity index is 2560. The summed E-state index contributed by atoms with van der Waals surface area (Å²) in [5, 5.41) is 49.2. The van der Waals surface area contributed by atoms with E-state index in [2.05, 4.69) is 15.3 Å². The third-order valence-electron chi connectivity index (χ3n) is 18.1. The Morgan fingerprint density at radius 3 is 2.25 bits per heavy atom. The smallest absolute Gasteiger partial charge is 0.407 e. The topological polar surface area (TPSA) is 312 Å². The van der Waals surface area contributed by atoms with Gasteiger partial charge in [0, 0.05) is 115 Å². The van der Waals surface area contributed by atoms with Crippen LogP contribution in [-0.4, -0.2) is 202 Å². The number of nitrogens with one attached hydrogen (secondary N) is 1. The lowest BCUT2D eigenvalue weighted by Gasteiger charge is -2.42. The highest BCUT2D eigenvalue weighted by Crippen LogP contribution is 2.38. The fourth-order valence-electron chi connectivity index (χ4n) is 12.5. The van der Waals surface area contributed by atoms with E-state index in [-0.39, 0.29) is 62.1 Å². The summed E-state index contributed by atoms with van der Waals surface area (Å²) in [6.45, 7) is 15.7. The van der Waals surface area contributed by atoms with E-state index in [0.717, 1.165) is 10.5 Å². The normalized spacial score (nSPS) is 34.9. The number of cyclic esters (lactones) is 1. The van der Waals surface area contributed by atoms with E-state index in [0.29, 0.717) is 109 Å². The maximum Gasteiger partial charge on any atom is 0.407 e. The number of piperazine rings is 1. The van der Waals surface area contributed by atoms with E-state index in [1.54, 1.807) is 53.3 Å². The number of allylic oxidation sites excluding steroid dienone is 5. The van der Waals surface area contributed by atoms with Gasteiger partial charge in [0.1, 0.15) is 30.5 Å². The molecule has 0 spiro atoms. The number of esters is 1. The van der Waals surface area contributed by atoms with Gasteiger partial charge in [0.25, 0.3) is 11.7 Å². The molecule has 5 aliphatic rings. The molecule has 23 nitrogen and oxygen atoms in total. The number of aliphatic hydroxyl groups is 4. The number of hydrogen-bond donors (Lipinski definition) is 6. The Balaban J connectivity index is 1.15. The van der Waals surface area contributed by atoms with Gasteiger partial charge >= 0.3 is 12.1 Å². The number of aliphatic hydroxyl groups excluding tert-OH is 3. The fraction of sp³-hybridized carbons (Fsp3) is 0.719. The van der Waals surface area contributed by atoms with Crippen LogP contribution in [0.2, 0.25) is 0 Å². The van der Waals surface area contributed by atoms with Gasteiger partial charge in [-0.15, -0.1) is 0 Å². The van der Waals surface area contributed by atoms with E-state index >= 15 is 0 Å². The van der Waals surface area contributed by atoms with Crippen molar-refractivity contribution in [3.05, 3.63) is 65.6 Å². The third kappa shape index (κ3) is 19.7. The van der Waals surface area contributed by atoms with Crippen LogP contribution < -0.4 is 16.0 Å². The lowest BCUT2D eigenvalue weighted by Crippen LogP contribution is -2.61. The second-order valence-corrected chi connectivity index (χ2v) is 24.7. The maximum absolute atomic E-state index is 14.6. The van der Waals surface area contributed by atoms with E-state index in [1.165, 1.54) is 7.11 Å². The predicted octanol–water partition coefficient (Wildman–Crippen LogP) is 4.81. The molecule has 0 radical (unpaired) electrons. The molecule has 0 unspecified atom stereocenters. The molecule has 7 N–H and O–H groups in total. The second-order valence-electron chi connectivity index (χ2n) is 24.7. The molecule has 6 rings (SSSR count). The molecular weight excluding hydrogens is 1120 g/mol. The van der Waals surface area contributed by atoms with Gasteiger partial charge in [0.2, 0.25) is 17.6 Å². The van der Waals surface area contributed by atoms with Crippen molar-refractivity contribution >= 4 is 41.4 Å². The molecule has 1 aliphatic carbocycles. The van der Waals surface area contributed by atoms with Crippen LogP contribution in [0.25, 0.3) is 0 Å². The van der Waals surface area contributed by atoms with E-state index < -0.39 is 114 Å². The van der Waals surface area contributed by atoms with Crippen molar-refractivity contribution in [2.24, 2.45) is 35.3 Å². The number of hydrogen-bond acceptors (Lipinski definition) is 20. The summed E-state index contributed by atoms with van der Waals surface area (Å²) in [6.07, 6.45) is 10.0. The zero-order valence-electron chi connectivity index (χ0n) is 52.6. The SMILES string of the molecule is CCOCCC(=O)N1CCN(c2ncc(CNC(=O)O[C@@H]3CC[C@@H](C[C@@H](N)[C@@H]4C[C@@H](O)[C@H](C)/C=C(\C)[C@@H](O)[C@@H](O)C(=O)[C@H](C)C[C@H](C)/C=C/C=C/C=C(\C)[C@@H](OC)C[C@@H]5CC[C@@H](C)[C@@](O)(O5)C(=O)C(=O)N5CCCC[C@H]5C(=O)O4)C[C@H]3OC)cn2)CC1. The maximum atomic E-state index is 14.6. The molecule has 1 aromatic rings. The molecule has 2 bridgehead atoms. The minimum Gasteiger partial charge on any atom is -0.459 e. The molecule has 16 atom stereocenters. The van der Waals surface area contributed by atoms with Gasteiger partial charge in [-0.1, -0.05) is 64.2 Å². The number of nitrogens with two attached hydrogens (primary N) is 1. The Kier molecular flexibility index (Phi) is 27.5. The highest BCUT2D eigenvalue weighted by molar-refractivity contribution is 6.39. The summed E-state index contributed by atoms with van der Waals surface area (Å²) in [6, 6.07) is -2.14. The molecule has 87 heavy (non-hydrogen) atoms. The molecule has 3 amide bonds. The highest BCUT2D eigenvalue weighted by Gasteiger charge is 2.53. The first-order chi connectivity index (χ1) is 41.5. The lowest BCUT2D eigenvalue weighted by atomic mass is 9.80. The number of anilines is 1. The Labute approximate surface area is 513 Å². The number of aromatic nitrogens is 2. The van der Waals surface area contributed by atoms with Crippen LogP contribution in [0, 0.1) is 29.6 Å². The number of carbonyl (C=O) groups is 6. The van der Waals surface area contributed by atoms with Crippen molar-refractivity contribution in [3.8, 4) is 0 Å². The lowest BCUT2D eigenvalue weighted by molar-refractivity contribution is -0.265. The summed E-state index contributed by atoms with van der Waals surface area (Å²) < 4.78 is 35.4. The van der Waals surface area contributed by atoms with Crippen molar-refractivity contribution in [2.75, 3.05) is 65.1 Å². The quantitative estimate of drug-likeness (QED) is 0.0668. The average Bonchev–Trinajstić information content (AvgIpc) is 1.65. The molecule has 0 aromatic carbocycles. The third-order valence-corrected chi connectivity index (χ3v) is 18.1. The van der Waals surface area contributed by atoms with Crippen LogP contribution in [0.1, 0.15) is 138 Å². The van der Waals surface area contributed by atoms with Gasteiger partial charge in [0.15, 0.2) is 5.78 Å². The van der Waals surface area contributed by atoms with Crippen molar-refractivity contribution in [2.45, 2.75) is 205 Å². The van der Waals surface area contributed by atoms with Gasteiger partial charge in [-0.25, -0.2) is 19.6 Å². The van der Waals surface area contributed by atoms with Crippen LogP contribution in [0.4, 0.5) is 10.7 Å². The molecule has 4 aliphatic heterocycles. The monoisotopic (exact) mass is 1220 g/mol. The van der Waals surface area contributed by atoms with Gasteiger partial charge in [-0.05, 0) is 108 Å². The number of piperidine rings is 1. The molecule has 23 heteroatoms.